The third-order valence-corrected chi connectivity index (χ3v) is 4.63. The van der Waals surface area contributed by atoms with Gasteiger partial charge in [-0.05, 0) is 47.6 Å². The minimum absolute atomic E-state index is 0.0978. The Morgan fingerprint density at radius 1 is 1.28 bits per heavy atom. The van der Waals surface area contributed by atoms with E-state index in [0.29, 0.717) is 12.1 Å². The highest BCUT2D eigenvalue weighted by Gasteiger charge is 2.45. The van der Waals surface area contributed by atoms with Crippen molar-refractivity contribution in [3.05, 3.63) is 21.9 Å². The van der Waals surface area contributed by atoms with Gasteiger partial charge >= 0.3 is 6.03 Å². The fraction of sp³-hybridized carbons (Fsp3) is 0.538. The quantitative estimate of drug-likeness (QED) is 0.725. The number of nitrogens with zero attached hydrogens (tertiary/aromatic N) is 3. The fourth-order valence-electron chi connectivity index (χ4n) is 3.08. The van der Waals surface area contributed by atoms with Gasteiger partial charge in [0.2, 0.25) is 0 Å². The van der Waals surface area contributed by atoms with E-state index in [4.69, 9.17) is 0 Å². The molecule has 0 spiro atoms. The maximum absolute atomic E-state index is 12.4. The van der Waals surface area contributed by atoms with Crippen LogP contribution in [0.5, 0.6) is 0 Å². The summed E-state index contributed by atoms with van der Waals surface area (Å²) in [6.07, 6.45) is 6.47. The van der Waals surface area contributed by atoms with E-state index in [2.05, 4.69) is 27.6 Å². The number of anilines is 1. The van der Waals surface area contributed by atoms with E-state index in [9.17, 15) is 4.79 Å². The van der Waals surface area contributed by atoms with Crippen LogP contribution < -0.4 is 4.90 Å². The first-order valence-corrected chi connectivity index (χ1v) is 7.44. The van der Waals surface area contributed by atoms with Gasteiger partial charge in [-0.15, -0.1) is 0 Å². The number of rotatable bonds is 1. The predicted molar refractivity (Wildman–Crippen MR) is 78.6 cm³/mol. The molecule has 2 atom stereocenters. The average molecular weight is 357 g/mol. The summed E-state index contributed by atoms with van der Waals surface area (Å²) < 4.78 is 1.09. The Morgan fingerprint density at radius 2 is 2.00 bits per heavy atom. The van der Waals surface area contributed by atoms with E-state index < -0.39 is 0 Å². The Bertz CT molecular complexity index is 462. The van der Waals surface area contributed by atoms with Crippen molar-refractivity contribution in [2.75, 3.05) is 11.9 Å². The summed E-state index contributed by atoms with van der Waals surface area (Å²) in [5, 5.41) is 0. The molecule has 0 radical (unpaired) electrons. The summed E-state index contributed by atoms with van der Waals surface area (Å²) >= 11 is 2.23. The number of carbonyl (C=O) groups excluding carboxylic acids is 1. The third kappa shape index (κ3) is 1.88. The lowest BCUT2D eigenvalue weighted by Crippen LogP contribution is -2.39. The number of amides is 2. The first-order valence-electron chi connectivity index (χ1n) is 6.36. The van der Waals surface area contributed by atoms with Gasteiger partial charge in [0.15, 0.2) is 0 Å². The molecule has 0 N–H and O–H groups in total. The summed E-state index contributed by atoms with van der Waals surface area (Å²) in [7, 11) is 1.91. The van der Waals surface area contributed by atoms with E-state index in [1.165, 1.54) is 12.8 Å². The molecule has 2 aliphatic rings. The predicted octanol–water partition coefficient (Wildman–Crippen LogP) is 2.87. The van der Waals surface area contributed by atoms with Crippen LogP contribution in [0.15, 0.2) is 18.3 Å². The minimum Gasteiger partial charge on any atom is -0.322 e. The number of pyridine rings is 1. The summed E-state index contributed by atoms with van der Waals surface area (Å²) in [5.74, 6) is 0.793. The molecule has 5 heteroatoms. The number of hydrogen-bond donors (Lipinski definition) is 0. The monoisotopic (exact) mass is 357 g/mol. The van der Waals surface area contributed by atoms with E-state index in [1.807, 2.05) is 35.2 Å². The number of halogens is 1. The number of likely N-dealkylation sites (N-methyl/N-ethyl adjacent to an activating group) is 1. The largest absolute Gasteiger partial charge is 0.326 e. The SMILES string of the molecule is CN1C(=O)N(c2ccc(I)cn2)[C@H]2CCCC[C@@H]21. The smallest absolute Gasteiger partial charge is 0.322 e. The van der Waals surface area contributed by atoms with Crippen molar-refractivity contribution in [3.63, 3.8) is 0 Å². The Kier molecular flexibility index (Phi) is 3.17. The third-order valence-electron chi connectivity index (χ3n) is 3.99. The first kappa shape index (κ1) is 12.2. The van der Waals surface area contributed by atoms with Crippen molar-refractivity contribution < 1.29 is 4.79 Å². The molecule has 1 saturated carbocycles. The number of hydrogen-bond acceptors (Lipinski definition) is 2. The second-order valence-electron chi connectivity index (χ2n) is 5.02. The van der Waals surface area contributed by atoms with Crippen LogP contribution in [0, 0.1) is 3.57 Å². The maximum atomic E-state index is 12.4. The molecule has 1 aromatic rings. The molecular formula is C13H16IN3O. The minimum atomic E-state index is 0.0978. The summed E-state index contributed by atoms with van der Waals surface area (Å²) in [4.78, 5) is 20.6. The first-order chi connectivity index (χ1) is 8.68. The number of urea groups is 1. The summed E-state index contributed by atoms with van der Waals surface area (Å²) in [6, 6.07) is 4.73. The Hall–Kier alpha value is -0.850. The van der Waals surface area contributed by atoms with Crippen LogP contribution >= 0.6 is 22.6 Å². The van der Waals surface area contributed by atoms with Crippen LogP contribution in [-0.2, 0) is 0 Å². The maximum Gasteiger partial charge on any atom is 0.326 e. The molecule has 2 heterocycles. The Balaban J connectivity index is 1.95. The van der Waals surface area contributed by atoms with Crippen molar-refractivity contribution in [2.24, 2.45) is 0 Å². The Morgan fingerprint density at radius 3 is 2.67 bits per heavy atom. The molecule has 0 aromatic carbocycles. The molecule has 1 aliphatic carbocycles. The highest BCUT2D eigenvalue weighted by Crippen LogP contribution is 2.35. The lowest BCUT2D eigenvalue weighted by Gasteiger charge is -2.30. The van der Waals surface area contributed by atoms with Crippen molar-refractivity contribution in [2.45, 2.75) is 37.8 Å². The molecule has 1 aromatic heterocycles. The summed E-state index contributed by atoms with van der Waals surface area (Å²) in [5.41, 5.74) is 0. The molecule has 0 bridgehead atoms. The molecule has 2 amide bonds. The van der Waals surface area contributed by atoms with E-state index in [-0.39, 0.29) is 6.03 Å². The molecule has 1 saturated heterocycles. The molecule has 18 heavy (non-hydrogen) atoms. The van der Waals surface area contributed by atoms with Crippen molar-refractivity contribution in [1.29, 1.82) is 0 Å². The normalized spacial score (nSPS) is 27.6. The van der Waals surface area contributed by atoms with Gasteiger partial charge in [-0.25, -0.2) is 9.78 Å². The lowest BCUT2D eigenvalue weighted by molar-refractivity contribution is 0.208. The zero-order chi connectivity index (χ0) is 12.7. The average Bonchev–Trinajstić information content (AvgIpc) is 2.64. The molecule has 3 rings (SSSR count). The van der Waals surface area contributed by atoms with Crippen LogP contribution in [0.4, 0.5) is 10.6 Å². The highest BCUT2D eigenvalue weighted by atomic mass is 127. The van der Waals surface area contributed by atoms with Gasteiger partial charge < -0.3 is 4.90 Å². The van der Waals surface area contributed by atoms with Gasteiger partial charge in [-0.1, -0.05) is 12.8 Å². The second-order valence-corrected chi connectivity index (χ2v) is 6.26. The molecular weight excluding hydrogens is 341 g/mol. The zero-order valence-electron chi connectivity index (χ0n) is 10.3. The number of fused-ring (bicyclic) bond motifs is 1. The van der Waals surface area contributed by atoms with Crippen LogP contribution in [-0.4, -0.2) is 35.0 Å². The molecule has 1 aliphatic heterocycles. The molecule has 0 unspecified atom stereocenters. The Labute approximate surface area is 121 Å². The van der Waals surface area contributed by atoms with Crippen LogP contribution in [0.3, 0.4) is 0 Å². The van der Waals surface area contributed by atoms with Crippen LogP contribution in [0.2, 0.25) is 0 Å². The molecule has 96 valence electrons. The van der Waals surface area contributed by atoms with Gasteiger partial charge in [-0.2, -0.15) is 0 Å². The number of aromatic nitrogens is 1. The van der Waals surface area contributed by atoms with Crippen molar-refractivity contribution in [3.8, 4) is 0 Å². The van der Waals surface area contributed by atoms with E-state index in [1.54, 1.807) is 0 Å². The second kappa shape index (κ2) is 4.68. The molecule has 2 fully saturated rings. The van der Waals surface area contributed by atoms with Crippen LogP contribution in [0.25, 0.3) is 0 Å². The highest BCUT2D eigenvalue weighted by molar-refractivity contribution is 14.1. The van der Waals surface area contributed by atoms with Gasteiger partial charge in [0.1, 0.15) is 5.82 Å². The van der Waals surface area contributed by atoms with E-state index >= 15 is 0 Å². The number of carbonyl (C=O) groups is 1. The van der Waals surface area contributed by atoms with Crippen molar-refractivity contribution in [1.82, 2.24) is 9.88 Å². The van der Waals surface area contributed by atoms with Gasteiger partial charge in [0.25, 0.3) is 0 Å². The van der Waals surface area contributed by atoms with Gasteiger partial charge in [0.05, 0.1) is 12.1 Å². The van der Waals surface area contributed by atoms with Crippen LogP contribution in [0.1, 0.15) is 25.7 Å². The zero-order valence-corrected chi connectivity index (χ0v) is 12.5. The van der Waals surface area contributed by atoms with Gasteiger partial charge in [-0.3, -0.25) is 4.90 Å². The van der Waals surface area contributed by atoms with Gasteiger partial charge in [0, 0.05) is 16.8 Å². The topological polar surface area (TPSA) is 36.4 Å². The summed E-state index contributed by atoms with van der Waals surface area (Å²) in [6.45, 7) is 0. The standard InChI is InChI=1S/C13H16IN3O/c1-16-10-4-2-3-5-11(10)17(13(16)18)12-7-6-9(14)8-15-12/h6-8,10-11H,2-5H2,1H3/t10-,11-/m0/s1. The molecule has 4 nitrogen and oxygen atoms in total. The van der Waals surface area contributed by atoms with E-state index in [0.717, 1.165) is 22.2 Å². The fourth-order valence-corrected chi connectivity index (χ4v) is 3.40. The van der Waals surface area contributed by atoms with Crippen molar-refractivity contribution >= 4 is 34.4 Å². The lowest BCUT2D eigenvalue weighted by atomic mass is 9.90.